The highest BCUT2D eigenvalue weighted by Gasteiger charge is 2.08. The Morgan fingerprint density at radius 3 is 2.41 bits per heavy atom. The Morgan fingerprint density at radius 1 is 1.29 bits per heavy atom. The van der Waals surface area contributed by atoms with E-state index in [0.29, 0.717) is 17.1 Å². The number of hydrogen-bond donors (Lipinski definition) is 3. The minimum absolute atomic E-state index is 0.206. The third-order valence-electron chi connectivity index (χ3n) is 1.84. The molecule has 0 spiro atoms. The normalized spacial score (nSPS) is 10.9. The number of amides is 1. The number of carbonyl (C=O) groups excluding carboxylic acids is 1. The lowest BCUT2D eigenvalue weighted by Gasteiger charge is -2.11. The maximum Gasteiger partial charge on any atom is 0.229 e. The van der Waals surface area contributed by atoms with Crippen molar-refractivity contribution in [1.29, 1.82) is 0 Å². The summed E-state index contributed by atoms with van der Waals surface area (Å²) in [5.41, 5.74) is 0.784. The van der Waals surface area contributed by atoms with Crippen LogP contribution in [0.2, 0.25) is 0 Å². The molecular formula is C10H14N2O3S2. The minimum atomic E-state index is -3.36. The van der Waals surface area contributed by atoms with E-state index in [1.165, 1.54) is 0 Å². The summed E-state index contributed by atoms with van der Waals surface area (Å²) in [5, 5.41) is 2.62. The zero-order valence-electron chi connectivity index (χ0n) is 9.30. The Labute approximate surface area is 106 Å². The average molecular weight is 274 g/mol. The van der Waals surface area contributed by atoms with E-state index in [4.69, 9.17) is 0 Å². The van der Waals surface area contributed by atoms with Crippen LogP contribution in [0, 0.1) is 0 Å². The molecule has 0 fully saturated rings. The van der Waals surface area contributed by atoms with Crippen molar-refractivity contribution in [2.24, 2.45) is 0 Å². The lowest BCUT2D eigenvalue weighted by Crippen LogP contribution is -2.15. The van der Waals surface area contributed by atoms with Crippen molar-refractivity contribution in [2.75, 3.05) is 22.0 Å². The van der Waals surface area contributed by atoms with Crippen molar-refractivity contribution in [3.05, 3.63) is 24.3 Å². The highest BCUT2D eigenvalue weighted by Crippen LogP contribution is 2.21. The molecule has 94 valence electrons. The largest absolute Gasteiger partial charge is 0.324 e. The molecule has 0 bridgehead atoms. The predicted octanol–water partition coefficient (Wildman–Crippen LogP) is 1.32. The third kappa shape index (κ3) is 5.10. The molecule has 0 aliphatic rings. The first kappa shape index (κ1) is 13.9. The summed E-state index contributed by atoms with van der Waals surface area (Å²) >= 11 is 3.95. The number of benzene rings is 1. The number of para-hydroxylation sites is 2. The molecule has 1 rings (SSSR count). The van der Waals surface area contributed by atoms with Gasteiger partial charge >= 0.3 is 0 Å². The van der Waals surface area contributed by atoms with Gasteiger partial charge in [-0.1, -0.05) is 12.1 Å². The molecule has 17 heavy (non-hydrogen) atoms. The Morgan fingerprint density at radius 2 is 1.88 bits per heavy atom. The summed E-state index contributed by atoms with van der Waals surface area (Å²) in [5.74, 6) is 0.232. The van der Waals surface area contributed by atoms with Gasteiger partial charge in [0.05, 0.1) is 17.6 Å². The van der Waals surface area contributed by atoms with Crippen molar-refractivity contribution in [2.45, 2.75) is 6.42 Å². The van der Waals surface area contributed by atoms with Gasteiger partial charge in [-0.2, -0.15) is 12.6 Å². The van der Waals surface area contributed by atoms with E-state index < -0.39 is 10.0 Å². The first-order chi connectivity index (χ1) is 7.92. The minimum Gasteiger partial charge on any atom is -0.324 e. The van der Waals surface area contributed by atoms with Crippen molar-refractivity contribution in [3.8, 4) is 0 Å². The fraction of sp³-hybridized carbons (Fsp3) is 0.300. The number of anilines is 2. The molecule has 7 heteroatoms. The molecule has 1 amide bonds. The van der Waals surface area contributed by atoms with Crippen molar-refractivity contribution in [3.63, 3.8) is 0 Å². The monoisotopic (exact) mass is 274 g/mol. The van der Waals surface area contributed by atoms with E-state index in [-0.39, 0.29) is 12.3 Å². The molecule has 0 aliphatic heterocycles. The van der Waals surface area contributed by atoms with Crippen LogP contribution in [-0.4, -0.2) is 26.3 Å². The molecule has 5 nitrogen and oxygen atoms in total. The predicted molar refractivity (Wildman–Crippen MR) is 72.0 cm³/mol. The van der Waals surface area contributed by atoms with E-state index in [1.54, 1.807) is 24.3 Å². The van der Waals surface area contributed by atoms with Crippen LogP contribution < -0.4 is 10.0 Å². The van der Waals surface area contributed by atoms with Gasteiger partial charge in [0.25, 0.3) is 0 Å². The third-order valence-corrected chi connectivity index (χ3v) is 2.65. The van der Waals surface area contributed by atoms with Crippen LogP contribution in [0.4, 0.5) is 11.4 Å². The SMILES string of the molecule is CS(=O)(=O)Nc1ccccc1NC(=O)CCS. The second-order valence-electron chi connectivity index (χ2n) is 3.44. The second kappa shape index (κ2) is 5.92. The van der Waals surface area contributed by atoms with Crippen LogP contribution in [-0.2, 0) is 14.8 Å². The smallest absolute Gasteiger partial charge is 0.229 e. The van der Waals surface area contributed by atoms with Crippen molar-refractivity contribution < 1.29 is 13.2 Å². The number of sulfonamides is 1. The van der Waals surface area contributed by atoms with E-state index in [9.17, 15) is 13.2 Å². The molecular weight excluding hydrogens is 260 g/mol. The number of nitrogens with one attached hydrogen (secondary N) is 2. The van der Waals surface area contributed by atoms with E-state index in [0.717, 1.165) is 6.26 Å². The number of hydrogen-bond acceptors (Lipinski definition) is 4. The maximum absolute atomic E-state index is 11.4. The highest BCUT2D eigenvalue weighted by atomic mass is 32.2. The summed E-state index contributed by atoms with van der Waals surface area (Å²) in [6.07, 6.45) is 1.33. The topological polar surface area (TPSA) is 75.3 Å². The summed E-state index contributed by atoms with van der Waals surface area (Å²) < 4.78 is 24.6. The second-order valence-corrected chi connectivity index (χ2v) is 5.64. The van der Waals surface area contributed by atoms with Crippen LogP contribution in [0.3, 0.4) is 0 Å². The summed E-state index contributed by atoms with van der Waals surface area (Å²) in [7, 11) is -3.36. The molecule has 2 N–H and O–H groups in total. The van der Waals surface area contributed by atoms with Crippen LogP contribution in [0.5, 0.6) is 0 Å². The average Bonchev–Trinajstić information content (AvgIpc) is 2.19. The molecule has 1 aromatic rings. The molecule has 0 saturated heterocycles. The zero-order chi connectivity index (χ0) is 12.9. The van der Waals surface area contributed by atoms with Gasteiger partial charge in [0.1, 0.15) is 0 Å². The fourth-order valence-electron chi connectivity index (χ4n) is 1.20. The lowest BCUT2D eigenvalue weighted by atomic mass is 10.2. The molecule has 0 atom stereocenters. The maximum atomic E-state index is 11.4. The van der Waals surface area contributed by atoms with Crippen LogP contribution in [0.1, 0.15) is 6.42 Å². The van der Waals surface area contributed by atoms with Gasteiger partial charge in [-0.15, -0.1) is 0 Å². The van der Waals surface area contributed by atoms with E-state index in [2.05, 4.69) is 22.7 Å². The summed E-state index contributed by atoms with van der Waals surface area (Å²) in [6.45, 7) is 0. The zero-order valence-corrected chi connectivity index (χ0v) is 11.0. The van der Waals surface area contributed by atoms with Gasteiger partial charge in [-0.25, -0.2) is 8.42 Å². The van der Waals surface area contributed by atoms with Crippen molar-refractivity contribution in [1.82, 2.24) is 0 Å². The Balaban J connectivity index is 2.88. The molecule has 0 heterocycles. The molecule has 0 aromatic heterocycles. The highest BCUT2D eigenvalue weighted by molar-refractivity contribution is 7.92. The number of carbonyl (C=O) groups is 1. The van der Waals surface area contributed by atoms with Gasteiger partial charge in [0.2, 0.25) is 15.9 Å². The lowest BCUT2D eigenvalue weighted by molar-refractivity contribution is -0.115. The molecule has 0 saturated carbocycles. The molecule has 1 aromatic carbocycles. The van der Waals surface area contributed by atoms with Gasteiger partial charge in [0.15, 0.2) is 0 Å². The fourth-order valence-corrected chi connectivity index (χ4v) is 1.98. The van der Waals surface area contributed by atoms with E-state index in [1.807, 2.05) is 0 Å². The Kier molecular flexibility index (Phi) is 4.83. The van der Waals surface area contributed by atoms with Gasteiger partial charge in [-0.05, 0) is 17.9 Å². The number of thiol groups is 1. The molecule has 0 radical (unpaired) electrons. The van der Waals surface area contributed by atoms with Crippen molar-refractivity contribution >= 4 is 39.9 Å². The standard InChI is InChI=1S/C10H14N2O3S2/c1-17(14,15)12-9-5-3-2-4-8(9)11-10(13)6-7-16/h2-5,12,16H,6-7H2,1H3,(H,11,13). The number of rotatable bonds is 5. The van der Waals surface area contributed by atoms with Gasteiger partial charge < -0.3 is 5.32 Å². The van der Waals surface area contributed by atoms with Gasteiger partial charge in [0, 0.05) is 6.42 Å². The Hall–Kier alpha value is -1.21. The first-order valence-corrected chi connectivity index (χ1v) is 7.42. The molecule has 0 unspecified atom stereocenters. The molecule has 0 aliphatic carbocycles. The summed E-state index contributed by atoms with van der Waals surface area (Å²) in [4.78, 5) is 11.4. The van der Waals surface area contributed by atoms with Crippen LogP contribution in [0.15, 0.2) is 24.3 Å². The van der Waals surface area contributed by atoms with E-state index >= 15 is 0 Å². The van der Waals surface area contributed by atoms with Crippen LogP contribution in [0.25, 0.3) is 0 Å². The summed E-state index contributed by atoms with van der Waals surface area (Å²) in [6, 6.07) is 6.60. The first-order valence-electron chi connectivity index (χ1n) is 4.90. The van der Waals surface area contributed by atoms with Crippen LogP contribution >= 0.6 is 12.6 Å². The van der Waals surface area contributed by atoms with Gasteiger partial charge in [-0.3, -0.25) is 9.52 Å². The Bertz CT molecular complexity index is 500. The quantitative estimate of drug-likeness (QED) is 0.709.